The minimum Gasteiger partial charge on any atom is -0.508 e. The molecule has 2 aromatic carbocycles. The molecule has 0 heterocycles. The first-order chi connectivity index (χ1) is 9.72. The molecule has 2 nitrogen and oxygen atoms in total. The van der Waals surface area contributed by atoms with E-state index in [0.717, 1.165) is 17.6 Å². The maximum atomic E-state index is 12.0. The zero-order valence-electron chi connectivity index (χ0n) is 11.1. The average molecular weight is 264 g/mol. The Labute approximate surface area is 118 Å². The summed E-state index contributed by atoms with van der Waals surface area (Å²) >= 11 is 0. The van der Waals surface area contributed by atoms with Gasteiger partial charge in [0, 0.05) is 6.42 Å². The zero-order chi connectivity index (χ0) is 13.9. The summed E-state index contributed by atoms with van der Waals surface area (Å²) < 4.78 is 0. The lowest BCUT2D eigenvalue weighted by molar-refractivity contribution is -0.115. The summed E-state index contributed by atoms with van der Waals surface area (Å²) in [6.45, 7) is 0. The number of ketones is 1. The number of benzene rings is 2. The van der Waals surface area contributed by atoms with Crippen molar-refractivity contribution in [3.63, 3.8) is 0 Å². The van der Waals surface area contributed by atoms with E-state index in [4.69, 9.17) is 0 Å². The van der Waals surface area contributed by atoms with Gasteiger partial charge in [-0.2, -0.15) is 0 Å². The highest BCUT2D eigenvalue weighted by Crippen LogP contribution is 2.36. The van der Waals surface area contributed by atoms with Gasteiger partial charge in [-0.25, -0.2) is 0 Å². The summed E-state index contributed by atoms with van der Waals surface area (Å²) in [5, 5.41) is 9.35. The van der Waals surface area contributed by atoms with Crippen LogP contribution in [-0.4, -0.2) is 10.9 Å². The van der Waals surface area contributed by atoms with E-state index < -0.39 is 0 Å². The van der Waals surface area contributed by atoms with Gasteiger partial charge in [0.2, 0.25) is 0 Å². The van der Waals surface area contributed by atoms with Crippen molar-refractivity contribution in [2.75, 3.05) is 0 Å². The van der Waals surface area contributed by atoms with E-state index in [1.165, 1.54) is 5.56 Å². The Morgan fingerprint density at radius 2 is 1.60 bits per heavy atom. The van der Waals surface area contributed by atoms with Crippen LogP contribution in [0, 0.1) is 0 Å². The predicted octanol–water partition coefficient (Wildman–Crippen LogP) is 3.92. The highest BCUT2D eigenvalue weighted by molar-refractivity contribution is 5.99. The number of allylic oxidation sites excluding steroid dienone is 2. The van der Waals surface area contributed by atoms with Crippen molar-refractivity contribution < 1.29 is 9.90 Å². The Morgan fingerprint density at radius 3 is 2.30 bits per heavy atom. The number of aromatic hydroxyl groups is 1. The lowest BCUT2D eigenvalue weighted by Crippen LogP contribution is -2.12. The molecule has 0 fully saturated rings. The number of carbonyl (C=O) groups excluding carboxylic acids is 1. The summed E-state index contributed by atoms with van der Waals surface area (Å²) in [7, 11) is 0. The van der Waals surface area contributed by atoms with E-state index in [1.807, 2.05) is 30.3 Å². The summed E-state index contributed by atoms with van der Waals surface area (Å²) in [6, 6.07) is 17.2. The van der Waals surface area contributed by atoms with Crippen LogP contribution >= 0.6 is 0 Å². The average Bonchev–Trinajstić information content (AvgIpc) is 2.48. The molecule has 3 rings (SSSR count). The third-order valence-electron chi connectivity index (χ3n) is 3.76. The van der Waals surface area contributed by atoms with Gasteiger partial charge in [-0.15, -0.1) is 0 Å². The Balaban J connectivity index is 1.89. The number of hydrogen-bond acceptors (Lipinski definition) is 2. The van der Waals surface area contributed by atoms with Gasteiger partial charge < -0.3 is 5.11 Å². The largest absolute Gasteiger partial charge is 0.508 e. The second-order valence-electron chi connectivity index (χ2n) is 5.20. The first kappa shape index (κ1) is 12.7. The predicted molar refractivity (Wildman–Crippen MR) is 79.5 cm³/mol. The van der Waals surface area contributed by atoms with Crippen LogP contribution in [0.1, 0.15) is 29.9 Å². The Bertz CT molecular complexity index is 639. The smallest absolute Gasteiger partial charge is 0.156 e. The molecule has 1 atom stereocenters. The Kier molecular flexibility index (Phi) is 3.38. The van der Waals surface area contributed by atoms with Gasteiger partial charge in [0.15, 0.2) is 5.78 Å². The molecule has 0 aliphatic heterocycles. The molecule has 1 aliphatic carbocycles. The van der Waals surface area contributed by atoms with E-state index in [1.54, 1.807) is 18.2 Å². The van der Waals surface area contributed by atoms with Crippen molar-refractivity contribution in [3.05, 3.63) is 71.8 Å². The fourth-order valence-electron chi connectivity index (χ4n) is 2.73. The molecule has 0 bridgehead atoms. The van der Waals surface area contributed by atoms with Crippen molar-refractivity contribution in [2.24, 2.45) is 0 Å². The molecule has 0 saturated carbocycles. The molecule has 2 heteroatoms. The second kappa shape index (κ2) is 5.33. The van der Waals surface area contributed by atoms with Crippen molar-refractivity contribution >= 4 is 11.4 Å². The quantitative estimate of drug-likeness (QED) is 0.892. The SMILES string of the molecule is O=C1C=C(c2ccc(O)cc2)CC(c2ccccc2)C1. The van der Waals surface area contributed by atoms with E-state index >= 15 is 0 Å². The van der Waals surface area contributed by atoms with Gasteiger partial charge in [-0.3, -0.25) is 4.79 Å². The molecule has 2 aromatic rings. The van der Waals surface area contributed by atoms with Gasteiger partial charge in [0.25, 0.3) is 0 Å². The number of phenols is 1. The molecule has 100 valence electrons. The lowest BCUT2D eigenvalue weighted by Gasteiger charge is -2.22. The van der Waals surface area contributed by atoms with E-state index in [2.05, 4.69) is 12.1 Å². The van der Waals surface area contributed by atoms with Crippen LogP contribution in [0.4, 0.5) is 0 Å². The normalized spacial score (nSPS) is 18.7. The van der Waals surface area contributed by atoms with Crippen molar-refractivity contribution in [3.8, 4) is 5.75 Å². The van der Waals surface area contributed by atoms with Gasteiger partial charge in [0.05, 0.1) is 0 Å². The number of phenolic OH excluding ortho intramolecular Hbond substituents is 1. The van der Waals surface area contributed by atoms with E-state index in [-0.39, 0.29) is 17.5 Å². The fourth-order valence-corrected chi connectivity index (χ4v) is 2.73. The van der Waals surface area contributed by atoms with Crippen LogP contribution in [0.25, 0.3) is 5.57 Å². The molecule has 0 saturated heterocycles. The minimum atomic E-state index is 0.174. The van der Waals surface area contributed by atoms with Crippen LogP contribution in [-0.2, 0) is 4.79 Å². The van der Waals surface area contributed by atoms with Crippen molar-refractivity contribution in [2.45, 2.75) is 18.8 Å². The lowest BCUT2D eigenvalue weighted by atomic mass is 9.81. The van der Waals surface area contributed by atoms with Crippen molar-refractivity contribution in [1.29, 1.82) is 0 Å². The summed E-state index contributed by atoms with van der Waals surface area (Å²) in [5.74, 6) is 0.668. The molecular weight excluding hydrogens is 248 g/mol. The molecule has 0 aromatic heterocycles. The standard InChI is InChI=1S/C18H16O2/c19-17-8-6-14(7-9-17)16-10-15(11-18(20)12-16)13-4-2-1-3-5-13/h1-9,12,15,19H,10-11H2. The van der Waals surface area contributed by atoms with E-state index in [0.29, 0.717) is 6.42 Å². The van der Waals surface area contributed by atoms with Crippen LogP contribution < -0.4 is 0 Å². The summed E-state index contributed by atoms with van der Waals surface area (Å²) in [5.41, 5.74) is 3.28. The van der Waals surface area contributed by atoms with Crippen LogP contribution in [0.3, 0.4) is 0 Å². The van der Waals surface area contributed by atoms with E-state index in [9.17, 15) is 9.90 Å². The fraction of sp³-hybridized carbons (Fsp3) is 0.167. The molecule has 20 heavy (non-hydrogen) atoms. The third-order valence-corrected chi connectivity index (χ3v) is 3.76. The van der Waals surface area contributed by atoms with Gasteiger partial charge in [0.1, 0.15) is 5.75 Å². The zero-order valence-corrected chi connectivity index (χ0v) is 11.1. The van der Waals surface area contributed by atoms with Gasteiger partial charge in [-0.05, 0) is 47.2 Å². The maximum Gasteiger partial charge on any atom is 0.156 e. The Hall–Kier alpha value is -2.35. The van der Waals surface area contributed by atoms with Crippen LogP contribution in [0.5, 0.6) is 5.75 Å². The number of rotatable bonds is 2. The molecule has 1 unspecified atom stereocenters. The highest BCUT2D eigenvalue weighted by Gasteiger charge is 2.22. The number of carbonyl (C=O) groups is 1. The first-order valence-corrected chi connectivity index (χ1v) is 6.80. The van der Waals surface area contributed by atoms with Crippen molar-refractivity contribution in [1.82, 2.24) is 0 Å². The first-order valence-electron chi connectivity index (χ1n) is 6.80. The number of hydrogen-bond donors (Lipinski definition) is 1. The summed E-state index contributed by atoms with van der Waals surface area (Å²) in [4.78, 5) is 12.0. The second-order valence-corrected chi connectivity index (χ2v) is 5.20. The van der Waals surface area contributed by atoms with Crippen LogP contribution in [0.15, 0.2) is 60.7 Å². The molecule has 1 N–H and O–H groups in total. The molecular formula is C18H16O2. The van der Waals surface area contributed by atoms with Gasteiger partial charge >= 0.3 is 0 Å². The van der Waals surface area contributed by atoms with Gasteiger partial charge in [-0.1, -0.05) is 42.5 Å². The third kappa shape index (κ3) is 2.64. The van der Waals surface area contributed by atoms with Crippen LogP contribution in [0.2, 0.25) is 0 Å². The maximum absolute atomic E-state index is 12.0. The molecule has 0 spiro atoms. The molecule has 1 aliphatic rings. The highest BCUT2D eigenvalue weighted by atomic mass is 16.3. The Morgan fingerprint density at radius 1 is 0.900 bits per heavy atom. The monoisotopic (exact) mass is 264 g/mol. The minimum absolute atomic E-state index is 0.174. The molecule has 0 radical (unpaired) electrons. The summed E-state index contributed by atoms with van der Waals surface area (Å²) in [6.07, 6.45) is 3.18. The topological polar surface area (TPSA) is 37.3 Å². The molecule has 0 amide bonds.